The molecule has 0 fully saturated rings. The number of benzene rings is 1. The molecule has 0 radical (unpaired) electrons. The van der Waals surface area contributed by atoms with Crippen LogP contribution in [0.1, 0.15) is 11.9 Å². The second-order valence-electron chi connectivity index (χ2n) is 3.34. The van der Waals surface area contributed by atoms with Gasteiger partial charge >= 0.3 is 0 Å². The van der Waals surface area contributed by atoms with Crippen LogP contribution in [0.2, 0.25) is 5.02 Å². The molecule has 0 bridgehead atoms. The Morgan fingerprint density at radius 1 is 1.47 bits per heavy atom. The molecule has 2 nitrogen and oxygen atoms in total. The number of thiazole rings is 1. The number of ether oxygens (including phenoxy) is 1. The summed E-state index contributed by atoms with van der Waals surface area (Å²) in [4.78, 5) is 4.49. The number of hydrogen-bond acceptors (Lipinski definition) is 3. The van der Waals surface area contributed by atoms with Gasteiger partial charge in [-0.05, 0) is 25.1 Å². The maximum Gasteiger partial charge on any atom is 0.137 e. The first-order valence-electron chi connectivity index (χ1n) is 5.17. The quantitative estimate of drug-likeness (QED) is 0.753. The molecule has 0 aliphatic heterocycles. The number of rotatable bonds is 4. The molecular weight excluding hydrogens is 322 g/mol. The van der Waals surface area contributed by atoms with Crippen LogP contribution in [0, 0.1) is 0 Å². The smallest absolute Gasteiger partial charge is 0.137 e. The van der Waals surface area contributed by atoms with Crippen molar-refractivity contribution in [2.24, 2.45) is 0 Å². The fourth-order valence-corrected chi connectivity index (χ4v) is 2.85. The van der Waals surface area contributed by atoms with E-state index in [4.69, 9.17) is 16.3 Å². The monoisotopic (exact) mass is 331 g/mol. The lowest BCUT2D eigenvalue weighted by Crippen LogP contribution is -1.92. The predicted molar refractivity (Wildman–Crippen MR) is 76.4 cm³/mol. The van der Waals surface area contributed by atoms with Crippen molar-refractivity contribution in [1.29, 1.82) is 0 Å². The Labute approximate surface area is 118 Å². The summed E-state index contributed by atoms with van der Waals surface area (Å²) in [5.74, 6) is 0.717. The van der Waals surface area contributed by atoms with E-state index in [1.165, 1.54) is 0 Å². The Hall–Kier alpha value is -0.580. The fraction of sp³-hybridized carbons (Fsp3) is 0.250. The van der Waals surface area contributed by atoms with Gasteiger partial charge in [-0.25, -0.2) is 4.98 Å². The van der Waals surface area contributed by atoms with Crippen molar-refractivity contribution in [3.8, 4) is 17.0 Å². The van der Waals surface area contributed by atoms with E-state index in [-0.39, 0.29) is 0 Å². The first-order valence-corrected chi connectivity index (χ1v) is 7.55. The zero-order chi connectivity index (χ0) is 12.3. The van der Waals surface area contributed by atoms with Gasteiger partial charge in [0.2, 0.25) is 0 Å². The van der Waals surface area contributed by atoms with E-state index in [0.29, 0.717) is 17.4 Å². The van der Waals surface area contributed by atoms with E-state index in [0.717, 1.165) is 21.6 Å². The number of aromatic nitrogens is 1. The van der Waals surface area contributed by atoms with Crippen LogP contribution in [0.3, 0.4) is 0 Å². The zero-order valence-corrected chi connectivity index (χ0v) is 12.4. The largest absolute Gasteiger partial charge is 0.492 e. The van der Waals surface area contributed by atoms with Crippen molar-refractivity contribution in [1.82, 2.24) is 4.98 Å². The van der Waals surface area contributed by atoms with Gasteiger partial charge in [0.05, 0.1) is 22.7 Å². The van der Waals surface area contributed by atoms with Gasteiger partial charge in [0, 0.05) is 10.9 Å². The first-order chi connectivity index (χ1) is 8.24. The van der Waals surface area contributed by atoms with Gasteiger partial charge in [0.15, 0.2) is 0 Å². The van der Waals surface area contributed by atoms with E-state index < -0.39 is 0 Å². The average molecular weight is 333 g/mol. The molecule has 0 N–H and O–H groups in total. The highest BCUT2D eigenvalue weighted by atomic mass is 79.9. The Morgan fingerprint density at radius 3 is 2.88 bits per heavy atom. The minimum atomic E-state index is 0.615. The van der Waals surface area contributed by atoms with E-state index in [9.17, 15) is 0 Å². The van der Waals surface area contributed by atoms with Crippen LogP contribution in [0.15, 0.2) is 23.6 Å². The van der Waals surface area contributed by atoms with Gasteiger partial charge in [-0.15, -0.1) is 11.3 Å². The van der Waals surface area contributed by atoms with Crippen molar-refractivity contribution in [2.45, 2.75) is 12.3 Å². The van der Waals surface area contributed by atoms with Crippen LogP contribution in [0.4, 0.5) is 0 Å². The van der Waals surface area contributed by atoms with E-state index in [1.807, 2.05) is 30.5 Å². The van der Waals surface area contributed by atoms with E-state index in [2.05, 4.69) is 20.9 Å². The highest BCUT2D eigenvalue weighted by molar-refractivity contribution is 9.08. The number of alkyl halides is 1. The summed E-state index contributed by atoms with van der Waals surface area (Å²) in [5.41, 5.74) is 1.97. The van der Waals surface area contributed by atoms with Crippen LogP contribution in [0.25, 0.3) is 11.3 Å². The summed E-state index contributed by atoms with van der Waals surface area (Å²) in [5, 5.41) is 4.49. The maximum atomic E-state index is 6.14. The van der Waals surface area contributed by atoms with Crippen LogP contribution < -0.4 is 4.74 Å². The van der Waals surface area contributed by atoms with Crippen molar-refractivity contribution >= 4 is 38.9 Å². The summed E-state index contributed by atoms with van der Waals surface area (Å²) >= 11 is 11.2. The fourth-order valence-electron chi connectivity index (χ4n) is 1.44. The zero-order valence-electron chi connectivity index (χ0n) is 9.24. The van der Waals surface area contributed by atoms with Crippen molar-refractivity contribution < 1.29 is 4.74 Å². The highest BCUT2D eigenvalue weighted by Crippen LogP contribution is 2.31. The van der Waals surface area contributed by atoms with Gasteiger partial charge in [-0.2, -0.15) is 0 Å². The molecule has 0 unspecified atom stereocenters. The summed E-state index contributed by atoms with van der Waals surface area (Å²) in [7, 11) is 0. The normalized spacial score (nSPS) is 10.5. The SMILES string of the molecule is CCOc1ccc(-c2csc(CBr)n2)cc1Cl. The Morgan fingerprint density at radius 2 is 2.29 bits per heavy atom. The molecule has 0 atom stereocenters. The Kier molecular flexibility index (Phi) is 4.42. The molecule has 0 amide bonds. The molecule has 17 heavy (non-hydrogen) atoms. The third-order valence-corrected chi connectivity index (χ3v) is 4.24. The molecule has 5 heteroatoms. The minimum absolute atomic E-state index is 0.615. The Balaban J connectivity index is 2.30. The van der Waals surface area contributed by atoms with Gasteiger partial charge in [0.1, 0.15) is 10.8 Å². The topological polar surface area (TPSA) is 22.1 Å². The molecule has 0 saturated carbocycles. The van der Waals surface area contributed by atoms with Crippen molar-refractivity contribution in [3.05, 3.63) is 33.6 Å². The predicted octanol–water partition coefficient (Wildman–Crippen LogP) is 4.76. The maximum absolute atomic E-state index is 6.14. The Bertz CT molecular complexity index is 515. The first kappa shape index (κ1) is 12.9. The van der Waals surface area contributed by atoms with Crippen molar-refractivity contribution in [2.75, 3.05) is 6.61 Å². The van der Waals surface area contributed by atoms with Crippen LogP contribution in [0.5, 0.6) is 5.75 Å². The van der Waals surface area contributed by atoms with Crippen LogP contribution in [-0.4, -0.2) is 11.6 Å². The van der Waals surface area contributed by atoms with Crippen LogP contribution in [-0.2, 0) is 5.33 Å². The molecule has 2 aromatic rings. The molecule has 90 valence electrons. The molecular formula is C12H11BrClNOS. The van der Waals surface area contributed by atoms with Gasteiger partial charge in [0.25, 0.3) is 0 Å². The number of halogens is 2. The second kappa shape index (κ2) is 5.85. The molecule has 0 saturated heterocycles. The van der Waals surface area contributed by atoms with Crippen LogP contribution >= 0.6 is 38.9 Å². The molecule has 0 aliphatic carbocycles. The van der Waals surface area contributed by atoms with Crippen molar-refractivity contribution in [3.63, 3.8) is 0 Å². The van der Waals surface area contributed by atoms with Gasteiger partial charge in [-0.1, -0.05) is 27.5 Å². The molecule has 1 aromatic heterocycles. The average Bonchev–Trinajstić information content (AvgIpc) is 2.80. The molecule has 1 heterocycles. The summed E-state index contributed by atoms with van der Waals surface area (Å²) in [6.45, 7) is 2.55. The highest BCUT2D eigenvalue weighted by Gasteiger charge is 2.07. The number of nitrogens with zero attached hydrogens (tertiary/aromatic N) is 1. The molecule has 0 spiro atoms. The van der Waals surface area contributed by atoms with E-state index in [1.54, 1.807) is 11.3 Å². The third-order valence-electron chi connectivity index (χ3n) is 2.19. The van der Waals surface area contributed by atoms with E-state index >= 15 is 0 Å². The molecule has 0 aliphatic rings. The lowest BCUT2D eigenvalue weighted by molar-refractivity contribution is 0.340. The standard InChI is InChI=1S/C12H11BrClNOS/c1-2-16-11-4-3-8(5-9(11)14)10-7-17-12(6-13)15-10/h3-5,7H,2,6H2,1H3. The molecule has 1 aromatic carbocycles. The summed E-state index contributed by atoms with van der Waals surface area (Å²) < 4.78 is 5.40. The van der Waals surface area contributed by atoms with Gasteiger partial charge < -0.3 is 4.74 Å². The molecule has 2 rings (SSSR count). The third kappa shape index (κ3) is 3.00. The van der Waals surface area contributed by atoms with Gasteiger partial charge in [-0.3, -0.25) is 0 Å². The lowest BCUT2D eigenvalue weighted by atomic mass is 10.2. The summed E-state index contributed by atoms with van der Waals surface area (Å²) in [6.07, 6.45) is 0. The minimum Gasteiger partial charge on any atom is -0.492 e. The summed E-state index contributed by atoms with van der Waals surface area (Å²) in [6, 6.07) is 5.75. The second-order valence-corrected chi connectivity index (χ2v) is 5.25. The lowest BCUT2D eigenvalue weighted by Gasteiger charge is -2.06. The number of hydrogen-bond donors (Lipinski definition) is 0.